The molecule has 1 aliphatic heterocycles. The van der Waals surface area contributed by atoms with Crippen LogP contribution in [0.1, 0.15) is 45.1 Å². The molecule has 0 aromatic carbocycles. The van der Waals surface area contributed by atoms with Crippen LogP contribution in [-0.4, -0.2) is 30.6 Å². The molecule has 0 aliphatic carbocycles. The van der Waals surface area contributed by atoms with Gasteiger partial charge in [-0.15, -0.1) is 0 Å². The molecule has 1 unspecified atom stereocenters. The maximum absolute atomic E-state index is 3.65. The SMILES string of the molecule is CC(C)C(CNCc1ccsc1)N1CCCCCC1. The first kappa shape index (κ1) is 15.0. The van der Waals surface area contributed by atoms with Gasteiger partial charge in [-0.3, -0.25) is 4.90 Å². The Hall–Kier alpha value is -0.380. The summed E-state index contributed by atoms with van der Waals surface area (Å²) in [6.07, 6.45) is 5.61. The summed E-state index contributed by atoms with van der Waals surface area (Å²) in [7, 11) is 0. The van der Waals surface area contributed by atoms with Crippen molar-refractivity contribution in [2.45, 2.75) is 52.1 Å². The van der Waals surface area contributed by atoms with E-state index in [0.29, 0.717) is 6.04 Å². The lowest BCUT2D eigenvalue weighted by Crippen LogP contribution is -2.45. The van der Waals surface area contributed by atoms with Gasteiger partial charge in [-0.1, -0.05) is 26.7 Å². The Morgan fingerprint density at radius 1 is 1.21 bits per heavy atom. The van der Waals surface area contributed by atoms with Crippen LogP contribution in [0.2, 0.25) is 0 Å². The summed E-state index contributed by atoms with van der Waals surface area (Å²) in [5.74, 6) is 0.730. The Balaban J connectivity index is 1.81. The van der Waals surface area contributed by atoms with Crippen LogP contribution < -0.4 is 5.32 Å². The van der Waals surface area contributed by atoms with Crippen molar-refractivity contribution in [2.24, 2.45) is 5.92 Å². The van der Waals surface area contributed by atoms with Gasteiger partial charge in [0.15, 0.2) is 0 Å². The van der Waals surface area contributed by atoms with E-state index in [1.165, 1.54) is 44.3 Å². The summed E-state index contributed by atoms with van der Waals surface area (Å²) in [5, 5.41) is 8.05. The van der Waals surface area contributed by atoms with E-state index in [1.54, 1.807) is 11.3 Å². The van der Waals surface area contributed by atoms with Gasteiger partial charge in [-0.25, -0.2) is 0 Å². The standard InChI is InChI=1S/C16H28N2S/c1-14(2)16(18-8-5-3-4-6-9-18)12-17-11-15-7-10-19-13-15/h7,10,13-14,16-17H,3-6,8-9,11-12H2,1-2H3. The minimum absolute atomic E-state index is 0.691. The lowest BCUT2D eigenvalue weighted by molar-refractivity contribution is 0.156. The molecule has 0 amide bonds. The van der Waals surface area contributed by atoms with Crippen LogP contribution in [0.4, 0.5) is 0 Å². The van der Waals surface area contributed by atoms with E-state index in [2.05, 4.69) is 40.9 Å². The van der Waals surface area contributed by atoms with E-state index < -0.39 is 0 Å². The zero-order chi connectivity index (χ0) is 13.5. The second kappa shape index (κ2) is 8.03. The molecule has 2 rings (SSSR count). The molecule has 108 valence electrons. The second-order valence-corrected chi connectivity index (χ2v) is 6.80. The number of nitrogens with zero attached hydrogens (tertiary/aromatic N) is 1. The summed E-state index contributed by atoms with van der Waals surface area (Å²) >= 11 is 1.79. The highest BCUT2D eigenvalue weighted by Crippen LogP contribution is 2.17. The van der Waals surface area contributed by atoms with E-state index in [-0.39, 0.29) is 0 Å². The first-order valence-electron chi connectivity index (χ1n) is 7.73. The summed E-state index contributed by atoms with van der Waals surface area (Å²) in [6.45, 7) is 9.45. The van der Waals surface area contributed by atoms with Crippen LogP contribution in [-0.2, 0) is 6.54 Å². The fraction of sp³-hybridized carbons (Fsp3) is 0.750. The van der Waals surface area contributed by atoms with Crippen molar-refractivity contribution < 1.29 is 0 Å². The van der Waals surface area contributed by atoms with Gasteiger partial charge in [-0.05, 0) is 54.2 Å². The zero-order valence-corrected chi connectivity index (χ0v) is 13.2. The quantitative estimate of drug-likeness (QED) is 0.854. The van der Waals surface area contributed by atoms with Crippen LogP contribution in [0.25, 0.3) is 0 Å². The van der Waals surface area contributed by atoms with Crippen LogP contribution >= 0.6 is 11.3 Å². The van der Waals surface area contributed by atoms with Crippen LogP contribution in [0, 0.1) is 5.92 Å². The Kier molecular flexibility index (Phi) is 6.35. The number of hydrogen-bond acceptors (Lipinski definition) is 3. The largest absolute Gasteiger partial charge is 0.311 e. The molecule has 2 heterocycles. The highest BCUT2D eigenvalue weighted by molar-refractivity contribution is 7.07. The van der Waals surface area contributed by atoms with Crippen molar-refractivity contribution >= 4 is 11.3 Å². The van der Waals surface area contributed by atoms with Crippen molar-refractivity contribution in [2.75, 3.05) is 19.6 Å². The summed E-state index contributed by atoms with van der Waals surface area (Å²) in [5.41, 5.74) is 1.42. The van der Waals surface area contributed by atoms with Crippen LogP contribution in [0.5, 0.6) is 0 Å². The fourth-order valence-corrected chi connectivity index (χ4v) is 3.64. The number of likely N-dealkylation sites (tertiary alicyclic amines) is 1. The predicted octanol–water partition coefficient (Wildman–Crippen LogP) is 3.74. The first-order valence-corrected chi connectivity index (χ1v) is 8.67. The average molecular weight is 280 g/mol. The topological polar surface area (TPSA) is 15.3 Å². The van der Waals surface area contributed by atoms with Crippen LogP contribution in [0.15, 0.2) is 16.8 Å². The molecular weight excluding hydrogens is 252 g/mol. The molecule has 0 saturated carbocycles. The smallest absolute Gasteiger partial charge is 0.0243 e. The van der Waals surface area contributed by atoms with Gasteiger partial charge in [0.05, 0.1) is 0 Å². The molecule has 0 bridgehead atoms. The molecule has 0 radical (unpaired) electrons. The van der Waals surface area contributed by atoms with Gasteiger partial charge in [-0.2, -0.15) is 11.3 Å². The molecule has 19 heavy (non-hydrogen) atoms. The Morgan fingerprint density at radius 2 is 1.95 bits per heavy atom. The monoisotopic (exact) mass is 280 g/mol. The molecule has 1 N–H and O–H groups in total. The lowest BCUT2D eigenvalue weighted by atomic mass is 10.0. The predicted molar refractivity (Wildman–Crippen MR) is 84.7 cm³/mol. The third kappa shape index (κ3) is 4.90. The molecular formula is C16H28N2S. The summed E-state index contributed by atoms with van der Waals surface area (Å²) in [6, 6.07) is 2.91. The lowest BCUT2D eigenvalue weighted by Gasteiger charge is -2.33. The summed E-state index contributed by atoms with van der Waals surface area (Å²) < 4.78 is 0. The summed E-state index contributed by atoms with van der Waals surface area (Å²) in [4.78, 5) is 2.72. The minimum Gasteiger partial charge on any atom is -0.311 e. The van der Waals surface area contributed by atoms with Gasteiger partial charge in [0, 0.05) is 19.1 Å². The molecule has 1 aromatic heterocycles. The fourth-order valence-electron chi connectivity index (χ4n) is 2.97. The van der Waals surface area contributed by atoms with Crippen molar-refractivity contribution in [3.8, 4) is 0 Å². The van der Waals surface area contributed by atoms with Crippen molar-refractivity contribution in [3.05, 3.63) is 22.4 Å². The van der Waals surface area contributed by atoms with Crippen molar-refractivity contribution in [1.29, 1.82) is 0 Å². The van der Waals surface area contributed by atoms with E-state index in [1.807, 2.05) is 0 Å². The molecule has 1 fully saturated rings. The number of rotatable bonds is 6. The third-order valence-corrected chi connectivity index (χ3v) is 4.87. The molecule has 3 heteroatoms. The number of nitrogens with one attached hydrogen (secondary N) is 1. The maximum atomic E-state index is 3.65. The number of hydrogen-bond donors (Lipinski definition) is 1. The molecule has 1 atom stereocenters. The normalized spacial score (nSPS) is 19.5. The Bertz CT molecular complexity index is 327. The van der Waals surface area contributed by atoms with Gasteiger partial charge in [0.2, 0.25) is 0 Å². The maximum Gasteiger partial charge on any atom is 0.0243 e. The highest BCUT2D eigenvalue weighted by atomic mass is 32.1. The van der Waals surface area contributed by atoms with E-state index in [9.17, 15) is 0 Å². The van der Waals surface area contributed by atoms with Crippen LogP contribution in [0.3, 0.4) is 0 Å². The third-order valence-electron chi connectivity index (χ3n) is 4.14. The average Bonchev–Trinajstić information content (AvgIpc) is 2.76. The Labute approximate surface area is 122 Å². The second-order valence-electron chi connectivity index (χ2n) is 6.02. The van der Waals surface area contributed by atoms with Gasteiger partial charge in [0.1, 0.15) is 0 Å². The van der Waals surface area contributed by atoms with E-state index >= 15 is 0 Å². The minimum atomic E-state index is 0.691. The Morgan fingerprint density at radius 3 is 2.53 bits per heavy atom. The molecule has 0 spiro atoms. The molecule has 1 saturated heterocycles. The molecule has 1 aliphatic rings. The molecule has 2 nitrogen and oxygen atoms in total. The first-order chi connectivity index (χ1) is 9.27. The van der Waals surface area contributed by atoms with Gasteiger partial charge in [0.25, 0.3) is 0 Å². The van der Waals surface area contributed by atoms with Crippen molar-refractivity contribution in [1.82, 2.24) is 10.2 Å². The van der Waals surface area contributed by atoms with Gasteiger partial charge < -0.3 is 5.32 Å². The number of thiophene rings is 1. The van der Waals surface area contributed by atoms with Crippen molar-refractivity contribution in [3.63, 3.8) is 0 Å². The van der Waals surface area contributed by atoms with E-state index in [0.717, 1.165) is 19.0 Å². The van der Waals surface area contributed by atoms with Gasteiger partial charge >= 0.3 is 0 Å². The van der Waals surface area contributed by atoms with E-state index in [4.69, 9.17) is 0 Å². The molecule has 1 aromatic rings. The highest BCUT2D eigenvalue weighted by Gasteiger charge is 2.22. The zero-order valence-electron chi connectivity index (χ0n) is 12.4.